The smallest absolute Gasteiger partial charge is 0.126 e. The fourth-order valence-corrected chi connectivity index (χ4v) is 2.26. The third kappa shape index (κ3) is 3.51. The molecule has 0 unspecified atom stereocenters. The molecule has 94 valence electrons. The highest BCUT2D eigenvalue weighted by Gasteiger charge is 2.21. The number of halogens is 1. The molecule has 0 bridgehead atoms. The highest BCUT2D eigenvalue weighted by atomic mass is 19.1. The second kappa shape index (κ2) is 6.12. The number of rotatable bonds is 5. The Hall–Kier alpha value is -0.930. The van der Waals surface area contributed by atoms with Gasteiger partial charge >= 0.3 is 0 Å². The molecule has 1 aromatic carbocycles. The third-order valence-corrected chi connectivity index (χ3v) is 3.34. The molecule has 1 aromatic rings. The van der Waals surface area contributed by atoms with Gasteiger partial charge in [-0.1, -0.05) is 18.2 Å². The summed E-state index contributed by atoms with van der Waals surface area (Å²) in [5.41, 5.74) is 0.777. The zero-order valence-corrected chi connectivity index (χ0v) is 10.3. The first-order chi connectivity index (χ1) is 8.27. The molecule has 1 saturated heterocycles. The lowest BCUT2D eigenvalue weighted by molar-refractivity contribution is 0.0839. The van der Waals surface area contributed by atoms with E-state index in [1.165, 1.54) is 6.07 Å². The van der Waals surface area contributed by atoms with E-state index < -0.39 is 0 Å². The van der Waals surface area contributed by atoms with Crippen molar-refractivity contribution in [1.29, 1.82) is 0 Å². The minimum atomic E-state index is -0.112. The molecule has 0 spiro atoms. The first-order valence-electron chi connectivity index (χ1n) is 6.36. The quantitative estimate of drug-likeness (QED) is 0.849. The van der Waals surface area contributed by atoms with E-state index in [4.69, 9.17) is 4.74 Å². The summed E-state index contributed by atoms with van der Waals surface area (Å²) >= 11 is 0. The monoisotopic (exact) mass is 237 g/mol. The molecule has 0 aliphatic carbocycles. The Bertz CT molecular complexity index is 350. The average molecular weight is 237 g/mol. The second-order valence-corrected chi connectivity index (χ2v) is 4.64. The fourth-order valence-electron chi connectivity index (χ4n) is 2.26. The molecule has 0 aromatic heterocycles. The van der Waals surface area contributed by atoms with Crippen molar-refractivity contribution in [1.82, 2.24) is 5.32 Å². The molecule has 0 radical (unpaired) electrons. The minimum Gasteiger partial charge on any atom is -0.377 e. The summed E-state index contributed by atoms with van der Waals surface area (Å²) in [5, 5.41) is 3.41. The maximum absolute atomic E-state index is 13.4. The first kappa shape index (κ1) is 12.5. The summed E-state index contributed by atoms with van der Waals surface area (Å²) in [4.78, 5) is 0. The molecule has 0 saturated carbocycles. The molecule has 1 fully saturated rings. The molecule has 1 aliphatic rings. The van der Waals surface area contributed by atoms with Crippen LogP contribution in [0.1, 0.15) is 25.3 Å². The molecule has 2 rings (SSSR count). The van der Waals surface area contributed by atoms with Crippen LogP contribution in [0, 0.1) is 5.82 Å². The van der Waals surface area contributed by atoms with Crippen molar-refractivity contribution >= 4 is 0 Å². The first-order valence-corrected chi connectivity index (χ1v) is 6.36. The molecular weight excluding hydrogens is 217 g/mol. The maximum atomic E-state index is 13.4. The van der Waals surface area contributed by atoms with E-state index in [2.05, 4.69) is 12.2 Å². The molecule has 2 nitrogen and oxygen atoms in total. The van der Waals surface area contributed by atoms with Gasteiger partial charge in [0.25, 0.3) is 0 Å². The molecule has 3 heteroatoms. The van der Waals surface area contributed by atoms with Crippen molar-refractivity contribution in [2.45, 2.75) is 38.3 Å². The van der Waals surface area contributed by atoms with Crippen LogP contribution >= 0.6 is 0 Å². The standard InChI is InChI=1S/C14H20FNO/c1-11(14-7-4-10-17-14)16-9-8-12-5-2-3-6-13(12)15/h2-3,5-6,11,14,16H,4,7-10H2,1H3/t11-,14-/m0/s1. The van der Waals surface area contributed by atoms with Crippen LogP contribution in [0.2, 0.25) is 0 Å². The van der Waals surface area contributed by atoms with Crippen LogP contribution in [-0.2, 0) is 11.2 Å². The Kier molecular flexibility index (Phi) is 4.51. The van der Waals surface area contributed by atoms with E-state index in [0.717, 1.165) is 38.0 Å². The van der Waals surface area contributed by atoms with Crippen molar-refractivity contribution in [2.24, 2.45) is 0 Å². The van der Waals surface area contributed by atoms with Gasteiger partial charge in [-0.2, -0.15) is 0 Å². The van der Waals surface area contributed by atoms with Crippen LogP contribution in [0.3, 0.4) is 0 Å². The van der Waals surface area contributed by atoms with Gasteiger partial charge in [-0.05, 0) is 44.4 Å². The van der Waals surface area contributed by atoms with Crippen LogP contribution in [-0.4, -0.2) is 25.3 Å². The van der Waals surface area contributed by atoms with Gasteiger partial charge in [-0.15, -0.1) is 0 Å². The SMILES string of the molecule is C[C@H](NCCc1ccccc1F)[C@@H]1CCCO1. The van der Waals surface area contributed by atoms with E-state index in [9.17, 15) is 4.39 Å². The fraction of sp³-hybridized carbons (Fsp3) is 0.571. The van der Waals surface area contributed by atoms with Gasteiger partial charge in [-0.3, -0.25) is 0 Å². The lowest BCUT2D eigenvalue weighted by Crippen LogP contribution is -2.38. The van der Waals surface area contributed by atoms with Crippen molar-refractivity contribution in [3.05, 3.63) is 35.6 Å². The van der Waals surface area contributed by atoms with Crippen LogP contribution in [0.15, 0.2) is 24.3 Å². The Morgan fingerprint density at radius 3 is 3.00 bits per heavy atom. The number of ether oxygens (including phenoxy) is 1. The second-order valence-electron chi connectivity index (χ2n) is 4.64. The summed E-state index contributed by atoms with van der Waals surface area (Å²) in [7, 11) is 0. The molecule has 17 heavy (non-hydrogen) atoms. The van der Waals surface area contributed by atoms with Gasteiger partial charge in [-0.25, -0.2) is 4.39 Å². The minimum absolute atomic E-state index is 0.112. The van der Waals surface area contributed by atoms with Gasteiger partial charge in [0, 0.05) is 12.6 Å². The third-order valence-electron chi connectivity index (χ3n) is 3.34. The Balaban J connectivity index is 1.74. The number of nitrogens with one attached hydrogen (secondary N) is 1. The Labute approximate surface area is 102 Å². The number of benzene rings is 1. The van der Waals surface area contributed by atoms with E-state index in [1.54, 1.807) is 6.07 Å². The van der Waals surface area contributed by atoms with Crippen LogP contribution < -0.4 is 5.32 Å². The molecular formula is C14H20FNO. The van der Waals surface area contributed by atoms with Gasteiger partial charge in [0.05, 0.1) is 6.10 Å². The van der Waals surface area contributed by atoms with Crippen molar-refractivity contribution in [3.63, 3.8) is 0 Å². The van der Waals surface area contributed by atoms with Crippen LogP contribution in [0.4, 0.5) is 4.39 Å². The van der Waals surface area contributed by atoms with E-state index in [-0.39, 0.29) is 5.82 Å². The summed E-state index contributed by atoms with van der Waals surface area (Å²) < 4.78 is 19.0. The maximum Gasteiger partial charge on any atom is 0.126 e. The average Bonchev–Trinajstić information content (AvgIpc) is 2.85. The van der Waals surface area contributed by atoms with Crippen LogP contribution in [0.25, 0.3) is 0 Å². The Morgan fingerprint density at radius 2 is 2.29 bits per heavy atom. The largest absolute Gasteiger partial charge is 0.377 e. The predicted molar refractivity (Wildman–Crippen MR) is 66.5 cm³/mol. The van der Waals surface area contributed by atoms with Gasteiger partial charge in [0.2, 0.25) is 0 Å². The molecule has 0 amide bonds. The van der Waals surface area contributed by atoms with Crippen molar-refractivity contribution in [3.8, 4) is 0 Å². The van der Waals surface area contributed by atoms with Crippen molar-refractivity contribution < 1.29 is 9.13 Å². The molecule has 1 heterocycles. The van der Waals surface area contributed by atoms with E-state index >= 15 is 0 Å². The molecule has 2 atom stereocenters. The summed E-state index contributed by atoms with van der Waals surface area (Å²) in [5.74, 6) is -0.112. The summed E-state index contributed by atoms with van der Waals surface area (Å²) in [6.07, 6.45) is 3.34. The number of hydrogen-bond donors (Lipinski definition) is 1. The van der Waals surface area contributed by atoms with Crippen LogP contribution in [0.5, 0.6) is 0 Å². The molecule has 1 N–H and O–H groups in total. The summed E-state index contributed by atoms with van der Waals surface area (Å²) in [6.45, 7) is 3.81. The zero-order chi connectivity index (χ0) is 12.1. The molecule has 1 aliphatic heterocycles. The lowest BCUT2D eigenvalue weighted by atomic mass is 10.1. The number of hydrogen-bond acceptors (Lipinski definition) is 2. The lowest BCUT2D eigenvalue weighted by Gasteiger charge is -2.20. The highest BCUT2D eigenvalue weighted by Crippen LogP contribution is 2.15. The van der Waals surface area contributed by atoms with E-state index in [0.29, 0.717) is 12.1 Å². The normalized spacial score (nSPS) is 21.6. The summed E-state index contributed by atoms with van der Waals surface area (Å²) in [6, 6.07) is 7.31. The predicted octanol–water partition coefficient (Wildman–Crippen LogP) is 2.53. The highest BCUT2D eigenvalue weighted by molar-refractivity contribution is 5.17. The van der Waals surface area contributed by atoms with Gasteiger partial charge < -0.3 is 10.1 Å². The van der Waals surface area contributed by atoms with Gasteiger partial charge in [0.1, 0.15) is 5.82 Å². The van der Waals surface area contributed by atoms with Crippen molar-refractivity contribution in [2.75, 3.05) is 13.2 Å². The van der Waals surface area contributed by atoms with E-state index in [1.807, 2.05) is 12.1 Å². The Morgan fingerprint density at radius 1 is 1.47 bits per heavy atom. The van der Waals surface area contributed by atoms with Gasteiger partial charge in [0.15, 0.2) is 0 Å². The topological polar surface area (TPSA) is 21.3 Å². The zero-order valence-electron chi connectivity index (χ0n) is 10.3.